The van der Waals surface area contributed by atoms with E-state index in [1.807, 2.05) is 0 Å². The summed E-state index contributed by atoms with van der Waals surface area (Å²) in [6.45, 7) is -3.92. The summed E-state index contributed by atoms with van der Waals surface area (Å²) in [4.78, 5) is 11.2. The summed E-state index contributed by atoms with van der Waals surface area (Å²) in [5.41, 5.74) is 0.554. The van der Waals surface area contributed by atoms with Gasteiger partial charge in [-0.15, -0.1) is 0 Å². The third-order valence-corrected chi connectivity index (χ3v) is 1.93. The van der Waals surface area contributed by atoms with Crippen LogP contribution in [0.2, 0.25) is 0 Å². The summed E-state index contributed by atoms with van der Waals surface area (Å²) in [6.07, 6.45) is -6.63. The number of alkyl carbamates (subject to hydrolysis) is 1. The second-order valence-corrected chi connectivity index (χ2v) is 3.31. The molecule has 0 spiro atoms. The minimum absolute atomic E-state index is 0.272. The van der Waals surface area contributed by atoms with Crippen molar-refractivity contribution >= 4 is 6.09 Å². The molecule has 0 saturated heterocycles. The molecule has 1 aromatic carbocycles. The van der Waals surface area contributed by atoms with Crippen molar-refractivity contribution in [3.63, 3.8) is 0 Å². The van der Waals surface area contributed by atoms with Gasteiger partial charge in [0.25, 0.3) is 0 Å². The van der Waals surface area contributed by atoms with E-state index < -0.39 is 24.9 Å². The lowest BCUT2D eigenvalue weighted by Crippen LogP contribution is -2.47. The van der Waals surface area contributed by atoms with Gasteiger partial charge in [-0.25, -0.2) is 4.79 Å². The SMILES string of the molecule is [2H]C([2H])(O)C(NC(=O)OCc1ccccc1)C(F)(F)F. The summed E-state index contributed by atoms with van der Waals surface area (Å²) in [5, 5.41) is 10.0. The Balaban J connectivity index is 2.59. The van der Waals surface area contributed by atoms with Crippen LogP contribution in [-0.2, 0) is 11.3 Å². The zero-order valence-corrected chi connectivity index (χ0v) is 9.07. The predicted octanol–water partition coefficient (Wildman–Crippen LogP) is 1.84. The molecule has 1 atom stereocenters. The fourth-order valence-corrected chi connectivity index (χ4v) is 1.07. The molecule has 1 amide bonds. The largest absolute Gasteiger partial charge is 0.445 e. The summed E-state index contributed by atoms with van der Waals surface area (Å²) in [5.74, 6) is 0. The van der Waals surface area contributed by atoms with Gasteiger partial charge in [-0.1, -0.05) is 30.3 Å². The Bertz CT molecular complexity index is 434. The summed E-state index contributed by atoms with van der Waals surface area (Å²) in [6, 6.07) is 5.14. The fraction of sp³-hybridized carbons (Fsp3) is 0.364. The highest BCUT2D eigenvalue weighted by molar-refractivity contribution is 5.67. The highest BCUT2D eigenvalue weighted by atomic mass is 19.4. The molecule has 7 heteroatoms. The molecule has 0 aliphatic rings. The molecule has 2 N–H and O–H groups in total. The van der Waals surface area contributed by atoms with E-state index >= 15 is 0 Å². The van der Waals surface area contributed by atoms with Gasteiger partial charge in [0.2, 0.25) is 0 Å². The standard InChI is InChI=1S/C11H12F3NO3/c12-11(13,14)9(6-16)15-10(17)18-7-8-4-2-1-3-5-8/h1-5,9,16H,6-7H2,(H,15,17)/i6D2. The maximum absolute atomic E-state index is 12.5. The summed E-state index contributed by atoms with van der Waals surface area (Å²) in [7, 11) is 0. The molecule has 18 heavy (non-hydrogen) atoms. The maximum Gasteiger partial charge on any atom is 0.410 e. The zero-order valence-electron chi connectivity index (χ0n) is 11.1. The summed E-state index contributed by atoms with van der Waals surface area (Å²) >= 11 is 0. The molecule has 1 rings (SSSR count). The first-order valence-electron chi connectivity index (χ1n) is 5.87. The van der Waals surface area contributed by atoms with Crippen LogP contribution in [0.15, 0.2) is 30.3 Å². The van der Waals surface area contributed by atoms with Crippen molar-refractivity contribution in [1.82, 2.24) is 5.32 Å². The summed E-state index contributed by atoms with van der Waals surface area (Å²) < 4.78 is 55.3. The van der Waals surface area contributed by atoms with Crippen molar-refractivity contribution in [2.45, 2.75) is 18.8 Å². The number of benzene rings is 1. The third kappa shape index (κ3) is 4.62. The van der Waals surface area contributed by atoms with Gasteiger partial charge in [0.15, 0.2) is 6.04 Å². The van der Waals surface area contributed by atoms with Gasteiger partial charge >= 0.3 is 12.3 Å². The van der Waals surface area contributed by atoms with Crippen molar-refractivity contribution in [2.24, 2.45) is 0 Å². The molecular weight excluding hydrogens is 251 g/mol. The number of carbonyl (C=O) groups excluding carboxylic acids is 1. The van der Waals surface area contributed by atoms with E-state index in [4.69, 9.17) is 7.85 Å². The second-order valence-electron chi connectivity index (χ2n) is 3.31. The first kappa shape index (κ1) is 11.3. The first-order valence-corrected chi connectivity index (χ1v) is 4.87. The highest BCUT2D eigenvalue weighted by Crippen LogP contribution is 2.19. The molecule has 100 valence electrons. The van der Waals surface area contributed by atoms with Gasteiger partial charge in [-0.05, 0) is 5.56 Å². The molecule has 0 aromatic heterocycles. The Morgan fingerprint density at radius 1 is 1.44 bits per heavy atom. The monoisotopic (exact) mass is 265 g/mol. The number of carbonyl (C=O) groups is 1. The van der Waals surface area contributed by atoms with Crippen LogP contribution in [0.1, 0.15) is 8.30 Å². The molecule has 0 aliphatic heterocycles. The Hall–Kier alpha value is -1.76. The van der Waals surface area contributed by atoms with Gasteiger partial charge in [-0.2, -0.15) is 13.2 Å². The van der Waals surface area contributed by atoms with Gasteiger partial charge in [0, 0.05) is 0 Å². The number of halogens is 3. The van der Waals surface area contributed by atoms with Gasteiger partial charge in [0.05, 0.1) is 9.30 Å². The van der Waals surface area contributed by atoms with E-state index in [0.29, 0.717) is 5.56 Å². The Morgan fingerprint density at radius 2 is 2.06 bits per heavy atom. The van der Waals surface area contributed by atoms with Gasteiger partial charge < -0.3 is 15.2 Å². The predicted molar refractivity (Wildman–Crippen MR) is 56.7 cm³/mol. The van der Waals surface area contributed by atoms with E-state index in [9.17, 15) is 18.0 Å². The van der Waals surface area contributed by atoms with E-state index in [2.05, 4.69) is 4.74 Å². The minimum atomic E-state index is -5.15. The number of rotatable bonds is 4. The molecule has 0 radical (unpaired) electrons. The Morgan fingerprint density at radius 3 is 2.56 bits per heavy atom. The number of hydrogen-bond donors (Lipinski definition) is 2. The van der Waals surface area contributed by atoms with Crippen molar-refractivity contribution < 1.29 is 30.6 Å². The third-order valence-electron chi connectivity index (χ3n) is 1.93. The normalized spacial score (nSPS) is 15.3. The molecule has 0 saturated carbocycles. The highest BCUT2D eigenvalue weighted by Gasteiger charge is 2.40. The number of hydrogen-bond acceptors (Lipinski definition) is 3. The first-order chi connectivity index (χ1) is 9.10. The van der Waals surface area contributed by atoms with Crippen molar-refractivity contribution in [1.29, 1.82) is 0 Å². The van der Waals surface area contributed by atoms with E-state index in [1.165, 1.54) is 5.32 Å². The Labute approximate surface area is 104 Å². The van der Waals surface area contributed by atoms with Crippen molar-refractivity contribution in [3.8, 4) is 0 Å². The molecule has 0 fully saturated rings. The van der Waals surface area contributed by atoms with Crippen molar-refractivity contribution in [3.05, 3.63) is 35.9 Å². The molecule has 0 bridgehead atoms. The molecule has 1 aromatic rings. The number of amides is 1. The average molecular weight is 265 g/mol. The molecular formula is C11H12F3NO3. The minimum Gasteiger partial charge on any atom is -0.445 e. The number of aliphatic hydroxyl groups is 1. The van der Waals surface area contributed by atoms with Crippen LogP contribution in [0, 0.1) is 0 Å². The van der Waals surface area contributed by atoms with Gasteiger partial charge in [0.1, 0.15) is 6.61 Å². The fourth-order valence-electron chi connectivity index (χ4n) is 1.07. The lowest BCUT2D eigenvalue weighted by Gasteiger charge is -2.18. The molecule has 1 unspecified atom stereocenters. The van der Waals surface area contributed by atoms with Crippen LogP contribution in [0.3, 0.4) is 0 Å². The number of alkyl halides is 3. The maximum atomic E-state index is 12.5. The molecule has 4 nitrogen and oxygen atoms in total. The lowest BCUT2D eigenvalue weighted by molar-refractivity contribution is -0.162. The van der Waals surface area contributed by atoms with E-state index in [1.54, 1.807) is 30.3 Å². The van der Waals surface area contributed by atoms with E-state index in [-0.39, 0.29) is 6.61 Å². The topological polar surface area (TPSA) is 58.6 Å². The van der Waals surface area contributed by atoms with Crippen LogP contribution >= 0.6 is 0 Å². The molecule has 0 heterocycles. The van der Waals surface area contributed by atoms with Crippen LogP contribution < -0.4 is 5.32 Å². The second kappa shape index (κ2) is 6.25. The number of ether oxygens (including phenoxy) is 1. The van der Waals surface area contributed by atoms with Crippen molar-refractivity contribution in [2.75, 3.05) is 6.56 Å². The van der Waals surface area contributed by atoms with Crippen LogP contribution in [0.4, 0.5) is 18.0 Å². The molecule has 0 aliphatic carbocycles. The van der Waals surface area contributed by atoms with E-state index in [0.717, 1.165) is 0 Å². The Kier molecular flexibility index (Phi) is 3.94. The zero-order chi connectivity index (χ0) is 15.4. The van der Waals surface area contributed by atoms with Crippen LogP contribution in [0.5, 0.6) is 0 Å². The van der Waals surface area contributed by atoms with Gasteiger partial charge in [-0.3, -0.25) is 0 Å². The number of nitrogens with one attached hydrogen (secondary N) is 1. The smallest absolute Gasteiger partial charge is 0.410 e. The lowest BCUT2D eigenvalue weighted by atomic mass is 10.2. The quantitative estimate of drug-likeness (QED) is 0.873. The van der Waals surface area contributed by atoms with Crippen LogP contribution in [-0.4, -0.2) is 30.0 Å². The average Bonchev–Trinajstić information content (AvgIpc) is 2.32. The van der Waals surface area contributed by atoms with Crippen LogP contribution in [0.25, 0.3) is 0 Å².